The lowest BCUT2D eigenvalue weighted by Crippen LogP contribution is -2.20. The van der Waals surface area contributed by atoms with Crippen molar-refractivity contribution in [1.82, 2.24) is 0 Å². The maximum absolute atomic E-state index is 12.0. The lowest BCUT2D eigenvalue weighted by atomic mass is 10.1. The number of hydrogen-bond donors (Lipinski definition) is 1. The Morgan fingerprint density at radius 2 is 1.74 bits per heavy atom. The van der Waals surface area contributed by atoms with Gasteiger partial charge >= 0.3 is 0 Å². The van der Waals surface area contributed by atoms with Gasteiger partial charge in [-0.2, -0.15) is 0 Å². The molecule has 0 atom stereocenters. The van der Waals surface area contributed by atoms with E-state index in [2.05, 4.69) is 5.32 Å². The highest BCUT2D eigenvalue weighted by Crippen LogP contribution is 2.21. The normalized spacial score (nSPS) is 10.3. The largest absolute Gasteiger partial charge is 0.497 e. The number of ether oxygens (including phenoxy) is 2. The number of amides is 1. The Hall–Kier alpha value is -3.01. The average molecular weight is 307 g/mol. The van der Waals surface area contributed by atoms with Crippen molar-refractivity contribution in [1.29, 1.82) is 0 Å². The van der Waals surface area contributed by atoms with Gasteiger partial charge in [-0.1, -0.05) is 36.4 Å². The molecule has 0 unspecified atom stereocenters. The Kier molecular flexibility index (Phi) is 4.43. The fourth-order valence-electron chi connectivity index (χ4n) is 2.30. The van der Waals surface area contributed by atoms with Gasteiger partial charge in [-0.3, -0.25) is 4.79 Å². The predicted molar refractivity (Wildman–Crippen MR) is 91.1 cm³/mol. The van der Waals surface area contributed by atoms with Crippen molar-refractivity contribution in [3.63, 3.8) is 0 Å². The molecule has 4 nitrogen and oxygen atoms in total. The third-order valence-electron chi connectivity index (χ3n) is 3.44. The maximum Gasteiger partial charge on any atom is 0.262 e. The van der Waals surface area contributed by atoms with Crippen LogP contribution < -0.4 is 14.8 Å². The summed E-state index contributed by atoms with van der Waals surface area (Å²) in [5.74, 6) is 1.15. The summed E-state index contributed by atoms with van der Waals surface area (Å²) < 4.78 is 10.7. The molecular weight excluding hydrogens is 290 g/mol. The third-order valence-corrected chi connectivity index (χ3v) is 3.44. The first-order valence-corrected chi connectivity index (χ1v) is 7.30. The summed E-state index contributed by atoms with van der Waals surface area (Å²) >= 11 is 0. The Bertz CT molecular complexity index is 829. The van der Waals surface area contributed by atoms with E-state index in [0.717, 1.165) is 10.8 Å². The van der Waals surface area contributed by atoms with Crippen LogP contribution in [0.15, 0.2) is 66.7 Å². The molecule has 0 fully saturated rings. The zero-order valence-corrected chi connectivity index (χ0v) is 12.8. The van der Waals surface area contributed by atoms with E-state index >= 15 is 0 Å². The first kappa shape index (κ1) is 14.9. The molecule has 0 bridgehead atoms. The Labute approximate surface area is 134 Å². The van der Waals surface area contributed by atoms with Crippen LogP contribution in [0.4, 0.5) is 5.69 Å². The van der Waals surface area contributed by atoms with Gasteiger partial charge in [-0.15, -0.1) is 0 Å². The zero-order valence-electron chi connectivity index (χ0n) is 12.8. The summed E-state index contributed by atoms with van der Waals surface area (Å²) in [5, 5.41) is 5.00. The zero-order chi connectivity index (χ0) is 16.1. The molecule has 3 rings (SSSR count). The van der Waals surface area contributed by atoms with E-state index in [4.69, 9.17) is 9.47 Å². The van der Waals surface area contributed by atoms with Gasteiger partial charge in [0.05, 0.1) is 7.11 Å². The highest BCUT2D eigenvalue weighted by atomic mass is 16.5. The summed E-state index contributed by atoms with van der Waals surface area (Å²) in [7, 11) is 1.59. The Balaban J connectivity index is 1.61. The molecule has 1 N–H and O–H groups in total. The number of benzene rings is 3. The van der Waals surface area contributed by atoms with E-state index in [0.29, 0.717) is 17.2 Å². The first-order chi connectivity index (χ1) is 11.2. The summed E-state index contributed by atoms with van der Waals surface area (Å²) in [6.45, 7) is -0.0461. The topological polar surface area (TPSA) is 47.6 Å². The highest BCUT2D eigenvalue weighted by Gasteiger charge is 2.05. The molecule has 3 aromatic rings. The summed E-state index contributed by atoms with van der Waals surface area (Å²) in [6, 6.07) is 21.0. The van der Waals surface area contributed by atoms with E-state index in [1.807, 2.05) is 54.6 Å². The minimum atomic E-state index is -0.216. The molecule has 3 aromatic carbocycles. The maximum atomic E-state index is 12.0. The van der Waals surface area contributed by atoms with Crippen LogP contribution in [0, 0.1) is 0 Å². The molecule has 0 aromatic heterocycles. The molecule has 0 aliphatic carbocycles. The molecule has 1 amide bonds. The molecule has 0 aliphatic heterocycles. The van der Waals surface area contributed by atoms with Crippen LogP contribution in [-0.4, -0.2) is 19.6 Å². The smallest absolute Gasteiger partial charge is 0.262 e. The van der Waals surface area contributed by atoms with Crippen LogP contribution >= 0.6 is 0 Å². The van der Waals surface area contributed by atoms with Crippen LogP contribution in [0.3, 0.4) is 0 Å². The van der Waals surface area contributed by atoms with Crippen molar-refractivity contribution in [2.45, 2.75) is 0 Å². The second-order valence-electron chi connectivity index (χ2n) is 5.08. The fourth-order valence-corrected chi connectivity index (χ4v) is 2.30. The van der Waals surface area contributed by atoms with Gasteiger partial charge in [0.15, 0.2) is 6.61 Å². The minimum Gasteiger partial charge on any atom is -0.497 e. The molecule has 4 heteroatoms. The number of nitrogens with one attached hydrogen (secondary N) is 1. The van der Waals surface area contributed by atoms with Crippen molar-refractivity contribution in [3.05, 3.63) is 66.7 Å². The van der Waals surface area contributed by atoms with E-state index < -0.39 is 0 Å². The summed E-state index contributed by atoms with van der Waals surface area (Å²) in [6.07, 6.45) is 0. The number of anilines is 1. The van der Waals surface area contributed by atoms with E-state index in [-0.39, 0.29) is 12.5 Å². The monoisotopic (exact) mass is 307 g/mol. The molecule has 0 aliphatic rings. The van der Waals surface area contributed by atoms with Crippen LogP contribution in [0.5, 0.6) is 11.5 Å². The molecular formula is C19H17NO3. The van der Waals surface area contributed by atoms with Gasteiger partial charge in [0.2, 0.25) is 0 Å². The molecule has 0 spiro atoms. The van der Waals surface area contributed by atoms with Crippen LogP contribution in [0.1, 0.15) is 0 Å². The second kappa shape index (κ2) is 6.83. The number of carbonyl (C=O) groups is 1. The van der Waals surface area contributed by atoms with Gasteiger partial charge in [-0.25, -0.2) is 0 Å². The molecule has 0 saturated carbocycles. The van der Waals surface area contributed by atoms with Gasteiger partial charge < -0.3 is 14.8 Å². The SMILES string of the molecule is COc1cccc(NC(=O)COc2ccc3ccccc3c2)c1. The first-order valence-electron chi connectivity index (χ1n) is 7.30. The number of rotatable bonds is 5. The third kappa shape index (κ3) is 3.80. The summed E-state index contributed by atoms with van der Waals surface area (Å²) in [5.41, 5.74) is 0.677. The Morgan fingerprint density at radius 1 is 0.913 bits per heavy atom. The number of methoxy groups -OCH3 is 1. The number of hydrogen-bond acceptors (Lipinski definition) is 3. The van der Waals surface area contributed by atoms with Crippen molar-refractivity contribution in [2.75, 3.05) is 19.0 Å². The predicted octanol–water partition coefficient (Wildman–Crippen LogP) is 3.87. The second-order valence-corrected chi connectivity index (χ2v) is 5.08. The van der Waals surface area contributed by atoms with Gasteiger partial charge in [-0.05, 0) is 35.0 Å². The minimum absolute atomic E-state index is 0.0461. The van der Waals surface area contributed by atoms with E-state index in [1.54, 1.807) is 19.2 Å². The lowest BCUT2D eigenvalue weighted by molar-refractivity contribution is -0.118. The molecule has 0 radical (unpaired) electrons. The quantitative estimate of drug-likeness (QED) is 0.778. The Morgan fingerprint density at radius 3 is 2.57 bits per heavy atom. The molecule has 116 valence electrons. The number of fused-ring (bicyclic) bond motifs is 1. The van der Waals surface area contributed by atoms with Crippen LogP contribution in [-0.2, 0) is 4.79 Å². The van der Waals surface area contributed by atoms with Crippen molar-refractivity contribution < 1.29 is 14.3 Å². The molecule has 0 heterocycles. The lowest BCUT2D eigenvalue weighted by Gasteiger charge is -2.09. The summed E-state index contributed by atoms with van der Waals surface area (Å²) in [4.78, 5) is 12.0. The fraction of sp³-hybridized carbons (Fsp3) is 0.105. The molecule has 0 saturated heterocycles. The van der Waals surface area contributed by atoms with Gasteiger partial charge in [0.25, 0.3) is 5.91 Å². The van der Waals surface area contributed by atoms with Crippen LogP contribution in [0.25, 0.3) is 10.8 Å². The van der Waals surface area contributed by atoms with Crippen molar-refractivity contribution >= 4 is 22.4 Å². The van der Waals surface area contributed by atoms with Gasteiger partial charge in [0.1, 0.15) is 11.5 Å². The van der Waals surface area contributed by atoms with E-state index in [1.165, 1.54) is 0 Å². The number of carbonyl (C=O) groups excluding carboxylic acids is 1. The standard InChI is InChI=1S/C19H17NO3/c1-22-17-8-4-7-16(12-17)20-19(21)13-23-18-10-9-14-5-2-3-6-15(14)11-18/h2-12H,13H2,1H3,(H,20,21). The highest BCUT2D eigenvalue weighted by molar-refractivity contribution is 5.92. The van der Waals surface area contributed by atoms with Crippen molar-refractivity contribution in [3.8, 4) is 11.5 Å². The van der Waals surface area contributed by atoms with E-state index in [9.17, 15) is 4.79 Å². The van der Waals surface area contributed by atoms with Crippen molar-refractivity contribution in [2.24, 2.45) is 0 Å². The molecule has 23 heavy (non-hydrogen) atoms. The van der Waals surface area contributed by atoms with Gasteiger partial charge in [0, 0.05) is 11.8 Å². The average Bonchev–Trinajstić information content (AvgIpc) is 2.60. The van der Waals surface area contributed by atoms with Crippen LogP contribution in [0.2, 0.25) is 0 Å².